The number of ether oxygens (including phenoxy) is 1. The van der Waals surface area contributed by atoms with Crippen LogP contribution in [0.5, 0.6) is 0 Å². The molecule has 1 aromatic heterocycles. The highest BCUT2D eigenvalue weighted by molar-refractivity contribution is 7.89. The third-order valence-corrected chi connectivity index (χ3v) is 7.04. The summed E-state index contributed by atoms with van der Waals surface area (Å²) in [5.41, 5.74) is 2.52. The molecule has 0 radical (unpaired) electrons. The van der Waals surface area contributed by atoms with Crippen LogP contribution in [-0.2, 0) is 27.8 Å². The molecule has 8 heteroatoms. The van der Waals surface area contributed by atoms with Gasteiger partial charge in [0.15, 0.2) is 0 Å². The number of nitrogens with zero attached hydrogens (tertiary/aromatic N) is 2. The molecule has 0 spiro atoms. The molecule has 0 fully saturated rings. The van der Waals surface area contributed by atoms with Crippen molar-refractivity contribution in [1.82, 2.24) is 14.6 Å². The quantitative estimate of drug-likeness (QED) is 0.418. The van der Waals surface area contributed by atoms with Gasteiger partial charge in [0, 0.05) is 38.1 Å². The third kappa shape index (κ3) is 7.21. The number of benzene rings is 2. The number of methoxy groups -OCH3 is 1. The maximum atomic E-state index is 13.0. The molecule has 0 aliphatic heterocycles. The van der Waals surface area contributed by atoms with Crippen LogP contribution in [0.25, 0.3) is 0 Å². The van der Waals surface area contributed by atoms with Crippen molar-refractivity contribution in [3.05, 3.63) is 95.8 Å². The van der Waals surface area contributed by atoms with Crippen LogP contribution in [0.4, 0.5) is 0 Å². The van der Waals surface area contributed by atoms with Crippen LogP contribution in [0.15, 0.2) is 84.0 Å². The number of pyridine rings is 1. The molecule has 2 aromatic carbocycles. The van der Waals surface area contributed by atoms with Crippen LogP contribution < -0.4 is 4.72 Å². The van der Waals surface area contributed by atoms with E-state index in [9.17, 15) is 13.2 Å². The molecule has 1 N–H and O–H groups in total. The largest absolute Gasteiger partial charge is 0.465 e. The summed E-state index contributed by atoms with van der Waals surface area (Å²) < 4.78 is 33.7. The van der Waals surface area contributed by atoms with Gasteiger partial charge >= 0.3 is 5.97 Å². The molecule has 0 aliphatic rings. The summed E-state index contributed by atoms with van der Waals surface area (Å²) >= 11 is 0. The fourth-order valence-corrected chi connectivity index (χ4v) is 4.98. The van der Waals surface area contributed by atoms with Crippen molar-refractivity contribution in [3.8, 4) is 0 Å². The zero-order chi connectivity index (χ0) is 24.6. The maximum absolute atomic E-state index is 13.0. The van der Waals surface area contributed by atoms with Crippen molar-refractivity contribution in [3.63, 3.8) is 0 Å². The molecule has 1 atom stereocenters. The summed E-state index contributed by atoms with van der Waals surface area (Å²) in [4.78, 5) is 18.4. The van der Waals surface area contributed by atoms with Gasteiger partial charge in [-0.15, -0.1) is 0 Å². The second-order valence-corrected chi connectivity index (χ2v) is 10.2. The lowest BCUT2D eigenvalue weighted by molar-refractivity contribution is 0.0600. The molecule has 7 nitrogen and oxygen atoms in total. The van der Waals surface area contributed by atoms with Gasteiger partial charge in [-0.3, -0.25) is 9.88 Å². The number of carbonyl (C=O) groups excluding carboxylic acids is 1. The molecule has 0 bridgehead atoms. The highest BCUT2D eigenvalue weighted by Crippen LogP contribution is 2.16. The van der Waals surface area contributed by atoms with E-state index in [4.69, 9.17) is 4.74 Å². The first kappa shape index (κ1) is 25.6. The smallest absolute Gasteiger partial charge is 0.337 e. The lowest BCUT2D eigenvalue weighted by Gasteiger charge is -2.30. The third-order valence-electron chi connectivity index (χ3n) is 5.53. The first-order valence-electron chi connectivity index (χ1n) is 11.1. The molecule has 0 saturated carbocycles. The van der Waals surface area contributed by atoms with Crippen molar-refractivity contribution in [2.75, 3.05) is 13.7 Å². The Morgan fingerprint density at radius 1 is 0.971 bits per heavy atom. The molecule has 1 unspecified atom stereocenters. The summed E-state index contributed by atoms with van der Waals surface area (Å²) in [6.45, 7) is 5.68. The SMILES string of the molecule is COC(=O)c1ccc(CN(Cc2cccnc2)CC(NS(=O)(=O)c2ccccc2)C(C)C)cc1. The van der Waals surface area contributed by atoms with E-state index in [-0.39, 0.29) is 22.8 Å². The highest BCUT2D eigenvalue weighted by Gasteiger charge is 2.25. The maximum Gasteiger partial charge on any atom is 0.337 e. The predicted octanol–water partition coefficient (Wildman–Crippen LogP) is 3.87. The molecule has 34 heavy (non-hydrogen) atoms. The van der Waals surface area contributed by atoms with E-state index in [0.717, 1.165) is 11.1 Å². The number of sulfonamides is 1. The van der Waals surface area contributed by atoms with E-state index in [0.29, 0.717) is 25.2 Å². The Kier molecular flexibility index (Phi) is 8.92. The Morgan fingerprint density at radius 3 is 2.24 bits per heavy atom. The normalized spacial score (nSPS) is 12.6. The standard InChI is InChI=1S/C26H31N3O4S/c1-20(2)25(28-34(31,32)24-9-5-4-6-10-24)19-29(18-22-8-7-15-27-16-22)17-21-11-13-23(14-12-21)26(30)33-3/h4-16,20,25,28H,17-19H2,1-3H3. The molecule has 0 amide bonds. The van der Waals surface area contributed by atoms with Gasteiger partial charge in [0.25, 0.3) is 0 Å². The van der Waals surface area contributed by atoms with E-state index in [2.05, 4.69) is 14.6 Å². The summed E-state index contributed by atoms with van der Waals surface area (Å²) in [5.74, 6) is -0.314. The van der Waals surface area contributed by atoms with Crippen LogP contribution in [0.1, 0.15) is 35.3 Å². The molecule has 0 aliphatic carbocycles. The predicted molar refractivity (Wildman–Crippen MR) is 132 cm³/mol. The van der Waals surface area contributed by atoms with E-state index in [1.54, 1.807) is 48.7 Å². The molecule has 1 heterocycles. The minimum atomic E-state index is -3.65. The number of nitrogens with one attached hydrogen (secondary N) is 1. The lowest BCUT2D eigenvalue weighted by atomic mass is 10.0. The average Bonchev–Trinajstić information content (AvgIpc) is 2.84. The number of esters is 1. The number of rotatable bonds is 11. The summed E-state index contributed by atoms with van der Waals surface area (Å²) in [5, 5.41) is 0. The first-order chi connectivity index (χ1) is 16.3. The Hall–Kier alpha value is -3.07. The number of carbonyl (C=O) groups is 1. The number of aromatic nitrogens is 1. The Balaban J connectivity index is 1.81. The molecular weight excluding hydrogens is 450 g/mol. The number of hydrogen-bond donors (Lipinski definition) is 1. The van der Waals surface area contributed by atoms with Crippen molar-refractivity contribution in [2.24, 2.45) is 5.92 Å². The highest BCUT2D eigenvalue weighted by atomic mass is 32.2. The van der Waals surface area contributed by atoms with Gasteiger partial charge in [-0.05, 0) is 47.4 Å². The summed E-state index contributed by atoms with van der Waals surface area (Å²) in [6, 6.07) is 19.2. The Morgan fingerprint density at radius 2 is 1.65 bits per heavy atom. The second-order valence-electron chi connectivity index (χ2n) is 8.50. The van der Waals surface area contributed by atoms with Crippen molar-refractivity contribution < 1.29 is 17.9 Å². The second kappa shape index (κ2) is 11.9. The fraction of sp³-hybridized carbons (Fsp3) is 0.308. The van der Waals surface area contributed by atoms with Gasteiger partial charge in [-0.2, -0.15) is 0 Å². The average molecular weight is 482 g/mol. The van der Waals surface area contributed by atoms with Crippen molar-refractivity contribution in [1.29, 1.82) is 0 Å². The van der Waals surface area contributed by atoms with E-state index in [1.165, 1.54) is 7.11 Å². The van der Waals surface area contributed by atoms with Crippen LogP contribution in [-0.4, -0.2) is 44.0 Å². The first-order valence-corrected chi connectivity index (χ1v) is 12.6. The van der Waals surface area contributed by atoms with Gasteiger partial charge in [0.05, 0.1) is 17.6 Å². The van der Waals surface area contributed by atoms with Gasteiger partial charge in [-0.1, -0.05) is 50.2 Å². The summed E-state index contributed by atoms with van der Waals surface area (Å²) in [7, 11) is -2.30. The zero-order valence-corrected chi connectivity index (χ0v) is 20.5. The minimum absolute atomic E-state index is 0.0663. The van der Waals surface area contributed by atoms with Crippen molar-refractivity contribution in [2.45, 2.75) is 37.9 Å². The van der Waals surface area contributed by atoms with Gasteiger partial charge in [0.2, 0.25) is 10.0 Å². The van der Waals surface area contributed by atoms with E-state index < -0.39 is 10.0 Å². The summed E-state index contributed by atoms with van der Waals surface area (Å²) in [6.07, 6.45) is 3.54. The van der Waals surface area contributed by atoms with Gasteiger partial charge < -0.3 is 4.74 Å². The molecule has 0 saturated heterocycles. The Bertz CT molecular complexity index is 1150. The van der Waals surface area contributed by atoms with E-state index >= 15 is 0 Å². The molecule has 180 valence electrons. The number of hydrogen-bond acceptors (Lipinski definition) is 6. The Labute approximate surface area is 201 Å². The molecule has 3 aromatic rings. The van der Waals surface area contributed by atoms with Gasteiger partial charge in [0.1, 0.15) is 0 Å². The van der Waals surface area contributed by atoms with Crippen LogP contribution in [0, 0.1) is 5.92 Å². The molecule has 3 rings (SSSR count). The topological polar surface area (TPSA) is 88.6 Å². The van der Waals surface area contributed by atoms with E-state index in [1.807, 2.05) is 44.3 Å². The van der Waals surface area contributed by atoms with Crippen LogP contribution in [0.2, 0.25) is 0 Å². The van der Waals surface area contributed by atoms with Crippen LogP contribution in [0.3, 0.4) is 0 Å². The van der Waals surface area contributed by atoms with Crippen molar-refractivity contribution >= 4 is 16.0 Å². The minimum Gasteiger partial charge on any atom is -0.465 e. The monoisotopic (exact) mass is 481 g/mol. The lowest BCUT2D eigenvalue weighted by Crippen LogP contribution is -2.46. The zero-order valence-electron chi connectivity index (χ0n) is 19.7. The van der Waals surface area contributed by atoms with Crippen LogP contribution >= 0.6 is 0 Å². The molecular formula is C26H31N3O4S. The van der Waals surface area contributed by atoms with Gasteiger partial charge in [-0.25, -0.2) is 17.9 Å². The fourth-order valence-electron chi connectivity index (χ4n) is 3.59.